The smallest absolute Gasteiger partial charge is 0.490 e. The zero-order valence-corrected chi connectivity index (χ0v) is 15.8. The van der Waals surface area contributed by atoms with E-state index in [1.807, 2.05) is 0 Å². The largest absolute Gasteiger partial charge is 0.502 e. The number of ether oxygens (including phenoxy) is 3. The quantitative estimate of drug-likeness (QED) is 0.638. The molecule has 2 aromatic carbocycles. The van der Waals surface area contributed by atoms with Crippen LogP contribution in [0.2, 0.25) is 0 Å². The van der Waals surface area contributed by atoms with Crippen molar-refractivity contribution in [3.05, 3.63) is 53.6 Å². The van der Waals surface area contributed by atoms with Crippen molar-refractivity contribution in [1.29, 1.82) is 0 Å². The molecule has 0 aliphatic heterocycles. The number of hydrogen-bond acceptors (Lipinski definition) is 6. The van der Waals surface area contributed by atoms with E-state index in [4.69, 9.17) is 9.47 Å². The van der Waals surface area contributed by atoms with Crippen LogP contribution in [-0.2, 0) is 21.2 Å². The van der Waals surface area contributed by atoms with E-state index in [9.17, 15) is 26.4 Å². The van der Waals surface area contributed by atoms with Crippen LogP contribution < -0.4 is 9.47 Å². The van der Waals surface area contributed by atoms with Crippen LogP contribution in [0, 0.1) is 0 Å². The molecule has 10 heteroatoms. The first-order valence-corrected chi connectivity index (χ1v) is 9.47. The van der Waals surface area contributed by atoms with Crippen LogP contribution in [0.15, 0.2) is 47.4 Å². The number of carbonyl (C=O) groups excluding carboxylic acids is 1. The van der Waals surface area contributed by atoms with Crippen LogP contribution in [0.25, 0.3) is 0 Å². The van der Waals surface area contributed by atoms with E-state index in [1.165, 1.54) is 0 Å². The number of methoxy groups -OCH3 is 1. The van der Waals surface area contributed by atoms with Crippen LogP contribution in [-0.4, -0.2) is 33.6 Å². The highest BCUT2D eigenvalue weighted by Gasteiger charge is 2.49. The van der Waals surface area contributed by atoms with E-state index in [0.29, 0.717) is 11.6 Å². The fourth-order valence-electron chi connectivity index (χ4n) is 2.27. The van der Waals surface area contributed by atoms with E-state index in [-0.39, 0.29) is 19.0 Å². The van der Waals surface area contributed by atoms with Gasteiger partial charge in [-0.05, 0) is 24.6 Å². The normalized spacial score (nSPS) is 11.8. The van der Waals surface area contributed by atoms with Gasteiger partial charge in [-0.25, -0.2) is 13.2 Å². The summed E-state index contributed by atoms with van der Waals surface area (Å²) in [5.41, 5.74) is -5.42. The van der Waals surface area contributed by atoms with Gasteiger partial charge in [0, 0.05) is 0 Å². The minimum absolute atomic E-state index is 0.00215. The average molecular weight is 418 g/mol. The highest BCUT2D eigenvalue weighted by atomic mass is 32.2. The van der Waals surface area contributed by atoms with Gasteiger partial charge >= 0.3 is 11.5 Å². The molecule has 0 fully saturated rings. The predicted molar refractivity (Wildman–Crippen MR) is 93.0 cm³/mol. The maximum absolute atomic E-state index is 13.2. The topological polar surface area (TPSA) is 78.9 Å². The summed E-state index contributed by atoms with van der Waals surface area (Å²) in [6.45, 7) is 1.33. The summed E-state index contributed by atoms with van der Waals surface area (Å²) in [6.07, 6.45) is 0. The van der Waals surface area contributed by atoms with Gasteiger partial charge in [0.15, 0.2) is 11.5 Å². The Hall–Kier alpha value is -2.75. The van der Waals surface area contributed by atoms with Gasteiger partial charge in [-0.2, -0.15) is 13.2 Å². The van der Waals surface area contributed by atoms with Crippen LogP contribution in [0.4, 0.5) is 13.2 Å². The van der Waals surface area contributed by atoms with E-state index >= 15 is 0 Å². The Morgan fingerprint density at radius 1 is 1.07 bits per heavy atom. The number of esters is 1. The molecule has 0 aliphatic carbocycles. The Morgan fingerprint density at radius 3 is 2.25 bits per heavy atom. The summed E-state index contributed by atoms with van der Waals surface area (Å²) in [4.78, 5) is 10.6. The molecule has 6 nitrogen and oxygen atoms in total. The first-order valence-electron chi connectivity index (χ1n) is 7.99. The average Bonchev–Trinajstić information content (AvgIpc) is 2.65. The minimum Gasteiger partial charge on any atom is -0.490 e. The lowest BCUT2D eigenvalue weighted by Crippen LogP contribution is -2.24. The van der Waals surface area contributed by atoms with Crippen molar-refractivity contribution >= 4 is 15.8 Å². The van der Waals surface area contributed by atoms with Crippen molar-refractivity contribution in [3.63, 3.8) is 0 Å². The molecule has 0 saturated carbocycles. The minimum atomic E-state index is -5.83. The highest BCUT2D eigenvalue weighted by molar-refractivity contribution is 7.92. The fraction of sp³-hybridized carbons (Fsp3) is 0.278. The molecular weight excluding hydrogens is 401 g/mol. The summed E-state index contributed by atoms with van der Waals surface area (Å²) in [5.74, 6) is -1.96. The third kappa shape index (κ3) is 4.56. The van der Waals surface area contributed by atoms with Gasteiger partial charge in [0.2, 0.25) is 0 Å². The second-order valence-electron chi connectivity index (χ2n) is 5.45. The molecule has 0 N–H and O–H groups in total. The highest BCUT2D eigenvalue weighted by Crippen LogP contribution is 2.42. The van der Waals surface area contributed by atoms with Crippen molar-refractivity contribution in [1.82, 2.24) is 0 Å². The summed E-state index contributed by atoms with van der Waals surface area (Å²) in [5, 5.41) is 0. The number of sulfone groups is 1. The Morgan fingerprint density at radius 2 is 1.71 bits per heavy atom. The molecule has 0 aromatic heterocycles. The molecule has 0 unspecified atom stereocenters. The number of carbonyl (C=O) groups is 1. The van der Waals surface area contributed by atoms with Gasteiger partial charge in [0.05, 0.1) is 19.3 Å². The molecule has 0 aliphatic rings. The van der Waals surface area contributed by atoms with E-state index < -0.39 is 37.5 Å². The van der Waals surface area contributed by atoms with Gasteiger partial charge in [-0.3, -0.25) is 0 Å². The van der Waals surface area contributed by atoms with Crippen molar-refractivity contribution < 1.29 is 40.6 Å². The van der Waals surface area contributed by atoms with Crippen molar-refractivity contribution in [3.8, 4) is 11.5 Å². The molecular formula is C18H17F3O6S. The number of halogens is 3. The van der Waals surface area contributed by atoms with Gasteiger partial charge < -0.3 is 14.2 Å². The second kappa shape index (κ2) is 8.51. The number of hydrogen-bond donors (Lipinski definition) is 0. The first-order chi connectivity index (χ1) is 13.1. The summed E-state index contributed by atoms with van der Waals surface area (Å²) < 4.78 is 78.9. The molecule has 0 heterocycles. The predicted octanol–water partition coefficient (Wildman–Crippen LogP) is 3.74. The van der Waals surface area contributed by atoms with Gasteiger partial charge in [-0.15, -0.1) is 0 Å². The summed E-state index contributed by atoms with van der Waals surface area (Å²) in [7, 11) is -4.81. The second-order valence-corrected chi connectivity index (χ2v) is 7.36. The molecule has 0 saturated heterocycles. The molecule has 0 radical (unpaired) electrons. The molecule has 2 rings (SSSR count). The molecule has 2 aromatic rings. The standard InChI is InChI=1S/C18H17F3O6S/c1-3-26-14-9-13(17(22)25-2)10-15(28(23,24)18(19,20)21)16(14)27-11-12-7-5-4-6-8-12/h4-10H,3,11H2,1-2H3. The Bertz CT molecular complexity index is 940. The van der Waals surface area contributed by atoms with Gasteiger partial charge in [0.25, 0.3) is 9.84 Å². The van der Waals surface area contributed by atoms with Crippen molar-refractivity contribution in [2.45, 2.75) is 23.9 Å². The van der Waals surface area contributed by atoms with Gasteiger partial charge in [0.1, 0.15) is 11.5 Å². The lowest BCUT2D eigenvalue weighted by molar-refractivity contribution is -0.0437. The third-order valence-corrected chi connectivity index (χ3v) is 5.05. The number of rotatable bonds is 7. The molecule has 28 heavy (non-hydrogen) atoms. The maximum atomic E-state index is 13.2. The van der Waals surface area contributed by atoms with Crippen LogP contribution in [0.3, 0.4) is 0 Å². The van der Waals surface area contributed by atoms with Gasteiger partial charge in [-0.1, -0.05) is 30.3 Å². The Balaban J connectivity index is 2.66. The third-order valence-electron chi connectivity index (χ3n) is 3.56. The molecule has 0 atom stereocenters. The van der Waals surface area contributed by atoms with Crippen LogP contribution in [0.1, 0.15) is 22.8 Å². The van der Waals surface area contributed by atoms with Crippen molar-refractivity contribution in [2.24, 2.45) is 0 Å². The monoisotopic (exact) mass is 418 g/mol. The molecule has 0 spiro atoms. The van der Waals surface area contributed by atoms with Crippen LogP contribution >= 0.6 is 0 Å². The Kier molecular flexibility index (Phi) is 6.55. The summed E-state index contributed by atoms with van der Waals surface area (Å²) in [6, 6.07) is 10.1. The fourth-order valence-corrected chi connectivity index (χ4v) is 3.21. The molecule has 152 valence electrons. The lowest BCUT2D eigenvalue weighted by Gasteiger charge is -2.18. The molecule has 0 amide bonds. The van der Waals surface area contributed by atoms with Crippen molar-refractivity contribution in [2.75, 3.05) is 13.7 Å². The first kappa shape index (κ1) is 21.5. The van der Waals surface area contributed by atoms with Crippen LogP contribution in [0.5, 0.6) is 11.5 Å². The Labute approximate surface area is 159 Å². The zero-order chi connectivity index (χ0) is 20.9. The number of alkyl halides is 3. The summed E-state index contributed by atoms with van der Waals surface area (Å²) >= 11 is 0. The maximum Gasteiger partial charge on any atom is 0.502 e. The van der Waals surface area contributed by atoms with E-state index in [2.05, 4.69) is 4.74 Å². The molecule has 0 bridgehead atoms. The number of benzene rings is 2. The van der Waals surface area contributed by atoms with E-state index in [1.54, 1.807) is 37.3 Å². The lowest BCUT2D eigenvalue weighted by atomic mass is 10.2. The van der Waals surface area contributed by atoms with E-state index in [0.717, 1.165) is 13.2 Å². The zero-order valence-electron chi connectivity index (χ0n) is 14.9. The SMILES string of the molecule is CCOc1cc(C(=O)OC)cc(S(=O)(=O)C(F)(F)F)c1OCc1ccccc1.